The predicted molar refractivity (Wildman–Crippen MR) is 71.8 cm³/mol. The summed E-state index contributed by atoms with van der Waals surface area (Å²) in [5.41, 5.74) is 0.369. The summed E-state index contributed by atoms with van der Waals surface area (Å²) in [6, 6.07) is 1.60. The molecule has 20 heavy (non-hydrogen) atoms. The summed E-state index contributed by atoms with van der Waals surface area (Å²) in [7, 11) is 0. The molecule has 3 rings (SSSR count). The molecular weight excluding hydrogens is 278 g/mol. The van der Waals surface area contributed by atoms with E-state index in [1.807, 2.05) is 6.92 Å². The molecule has 3 aromatic rings. The molecule has 0 saturated carbocycles. The Morgan fingerprint density at radius 1 is 1.35 bits per heavy atom. The van der Waals surface area contributed by atoms with Crippen LogP contribution >= 0.6 is 11.3 Å². The van der Waals surface area contributed by atoms with Crippen molar-refractivity contribution in [2.45, 2.75) is 6.92 Å². The maximum atomic E-state index is 12.0. The summed E-state index contributed by atoms with van der Waals surface area (Å²) in [6.45, 7) is 1.84. The molecule has 8 nitrogen and oxygen atoms in total. The largest absolute Gasteiger partial charge is 0.305 e. The first-order valence-electron chi connectivity index (χ1n) is 5.63. The number of nitrogens with zero attached hydrogens (tertiary/aromatic N) is 6. The zero-order valence-corrected chi connectivity index (χ0v) is 11.2. The third-order valence-corrected chi connectivity index (χ3v) is 3.17. The van der Waals surface area contributed by atoms with E-state index in [0.717, 1.165) is 5.01 Å². The number of carbonyl (C=O) groups is 1. The lowest BCUT2D eigenvalue weighted by molar-refractivity contribution is 0.102. The second-order valence-electron chi connectivity index (χ2n) is 3.81. The molecule has 0 aliphatic heterocycles. The number of thiazole rings is 1. The van der Waals surface area contributed by atoms with Crippen LogP contribution in [0.2, 0.25) is 0 Å². The van der Waals surface area contributed by atoms with Crippen LogP contribution in [-0.2, 0) is 0 Å². The predicted octanol–water partition coefficient (Wildman–Crippen LogP) is 1.07. The van der Waals surface area contributed by atoms with Gasteiger partial charge in [-0.25, -0.2) is 24.6 Å². The molecule has 0 spiro atoms. The quantitative estimate of drug-likeness (QED) is 0.773. The lowest BCUT2D eigenvalue weighted by Crippen LogP contribution is -2.14. The molecule has 0 aliphatic carbocycles. The van der Waals surface area contributed by atoms with Gasteiger partial charge in [-0.05, 0) is 6.92 Å². The first-order chi connectivity index (χ1) is 9.72. The van der Waals surface area contributed by atoms with Gasteiger partial charge in [-0.1, -0.05) is 0 Å². The van der Waals surface area contributed by atoms with Crippen molar-refractivity contribution in [1.29, 1.82) is 0 Å². The summed E-state index contributed by atoms with van der Waals surface area (Å²) < 4.78 is 1.48. The highest BCUT2D eigenvalue weighted by Crippen LogP contribution is 2.11. The zero-order valence-electron chi connectivity index (χ0n) is 10.4. The second-order valence-corrected chi connectivity index (χ2v) is 4.87. The molecule has 100 valence electrons. The second kappa shape index (κ2) is 5.13. The molecule has 0 atom stereocenters. The highest BCUT2D eigenvalue weighted by atomic mass is 32.1. The molecule has 0 aliphatic rings. The van der Waals surface area contributed by atoms with E-state index in [-0.39, 0.29) is 5.91 Å². The molecule has 3 heterocycles. The fraction of sp³-hybridized carbons (Fsp3) is 0.0909. The van der Waals surface area contributed by atoms with Crippen LogP contribution in [-0.4, -0.2) is 35.6 Å². The SMILES string of the molecule is Cc1nc(C(=O)Nc2cc(-n3cncn3)ncn2)cs1. The monoisotopic (exact) mass is 287 g/mol. The minimum absolute atomic E-state index is 0.308. The first-order valence-corrected chi connectivity index (χ1v) is 6.51. The Bertz CT molecular complexity index is 737. The molecule has 9 heteroatoms. The summed E-state index contributed by atoms with van der Waals surface area (Å²) in [4.78, 5) is 28.0. The molecule has 1 N–H and O–H groups in total. The lowest BCUT2D eigenvalue weighted by Gasteiger charge is -2.04. The van der Waals surface area contributed by atoms with Crippen LogP contribution in [0, 0.1) is 6.92 Å². The average Bonchev–Trinajstić information content (AvgIpc) is 3.10. The molecule has 3 aromatic heterocycles. The topological polar surface area (TPSA) is 98.5 Å². The van der Waals surface area contributed by atoms with Crippen molar-refractivity contribution in [2.24, 2.45) is 0 Å². The van der Waals surface area contributed by atoms with Gasteiger partial charge in [-0.3, -0.25) is 4.79 Å². The number of nitrogens with one attached hydrogen (secondary N) is 1. The van der Waals surface area contributed by atoms with Crippen LogP contribution < -0.4 is 5.32 Å². The van der Waals surface area contributed by atoms with Crippen molar-refractivity contribution in [3.63, 3.8) is 0 Å². The van der Waals surface area contributed by atoms with Gasteiger partial charge < -0.3 is 5.32 Å². The van der Waals surface area contributed by atoms with E-state index < -0.39 is 0 Å². The minimum Gasteiger partial charge on any atom is -0.305 e. The van der Waals surface area contributed by atoms with Crippen molar-refractivity contribution in [1.82, 2.24) is 29.7 Å². The van der Waals surface area contributed by atoms with Crippen LogP contribution in [0.15, 0.2) is 30.4 Å². The summed E-state index contributed by atoms with van der Waals surface area (Å²) >= 11 is 1.42. The van der Waals surface area contributed by atoms with Crippen molar-refractivity contribution < 1.29 is 4.79 Å². The van der Waals surface area contributed by atoms with Crippen LogP contribution in [0.25, 0.3) is 5.82 Å². The van der Waals surface area contributed by atoms with Crippen molar-refractivity contribution >= 4 is 23.1 Å². The van der Waals surface area contributed by atoms with E-state index in [9.17, 15) is 4.79 Å². The maximum Gasteiger partial charge on any atom is 0.276 e. The van der Waals surface area contributed by atoms with Gasteiger partial charge in [0.15, 0.2) is 5.82 Å². The highest BCUT2D eigenvalue weighted by Gasteiger charge is 2.11. The van der Waals surface area contributed by atoms with E-state index in [1.165, 1.54) is 35.0 Å². The normalized spacial score (nSPS) is 10.4. The molecule has 0 bridgehead atoms. The third kappa shape index (κ3) is 2.52. The van der Waals surface area contributed by atoms with Crippen LogP contribution in [0.3, 0.4) is 0 Å². The number of aromatic nitrogens is 6. The van der Waals surface area contributed by atoms with Gasteiger partial charge in [0, 0.05) is 11.4 Å². The first kappa shape index (κ1) is 12.4. The van der Waals surface area contributed by atoms with Gasteiger partial charge in [0.25, 0.3) is 5.91 Å². The molecule has 1 amide bonds. The number of aryl methyl sites for hydroxylation is 1. The Labute approximate surface area is 117 Å². The molecule has 0 fully saturated rings. The zero-order chi connectivity index (χ0) is 13.9. The standard InChI is InChI=1S/C11H9N7OS/c1-7-16-8(3-20-7)11(19)17-9-2-10(14-5-13-9)18-6-12-4-15-18/h2-6H,1H3,(H,13,14,17,19). The molecule has 0 aromatic carbocycles. The van der Waals surface area contributed by atoms with Crippen molar-refractivity contribution in [3.05, 3.63) is 41.1 Å². The number of rotatable bonds is 3. The number of carbonyl (C=O) groups excluding carboxylic acids is 1. The minimum atomic E-state index is -0.308. The maximum absolute atomic E-state index is 12.0. The van der Waals surface area contributed by atoms with Gasteiger partial charge in [0.2, 0.25) is 0 Å². The van der Waals surface area contributed by atoms with Gasteiger partial charge >= 0.3 is 0 Å². The summed E-state index contributed by atoms with van der Waals surface area (Å²) in [5, 5.41) is 9.16. The van der Waals surface area contributed by atoms with Gasteiger partial charge in [-0.2, -0.15) is 5.10 Å². The fourth-order valence-electron chi connectivity index (χ4n) is 1.52. The Hall–Kier alpha value is -2.68. The Balaban J connectivity index is 1.81. The number of hydrogen-bond acceptors (Lipinski definition) is 7. The van der Waals surface area contributed by atoms with E-state index in [0.29, 0.717) is 17.3 Å². The van der Waals surface area contributed by atoms with Crippen molar-refractivity contribution in [3.8, 4) is 5.82 Å². The Kier molecular flexibility index (Phi) is 3.17. The summed E-state index contributed by atoms with van der Waals surface area (Å²) in [6.07, 6.45) is 4.26. The number of hydrogen-bond donors (Lipinski definition) is 1. The van der Waals surface area contributed by atoms with Crippen LogP contribution in [0.4, 0.5) is 5.82 Å². The smallest absolute Gasteiger partial charge is 0.276 e. The van der Waals surface area contributed by atoms with Crippen molar-refractivity contribution in [2.75, 3.05) is 5.32 Å². The number of anilines is 1. The third-order valence-electron chi connectivity index (χ3n) is 2.40. The average molecular weight is 287 g/mol. The fourth-order valence-corrected chi connectivity index (χ4v) is 2.11. The lowest BCUT2D eigenvalue weighted by atomic mass is 10.4. The Morgan fingerprint density at radius 3 is 2.95 bits per heavy atom. The van der Waals surface area contributed by atoms with E-state index in [4.69, 9.17) is 0 Å². The summed E-state index contributed by atoms with van der Waals surface area (Å²) in [5.74, 6) is 0.584. The number of amides is 1. The molecular formula is C11H9N7OS. The van der Waals surface area contributed by atoms with E-state index in [2.05, 4.69) is 30.4 Å². The van der Waals surface area contributed by atoms with E-state index >= 15 is 0 Å². The molecule has 0 unspecified atom stereocenters. The molecule has 0 saturated heterocycles. The van der Waals surface area contributed by atoms with Gasteiger partial charge in [0.05, 0.1) is 5.01 Å². The van der Waals surface area contributed by atoms with E-state index in [1.54, 1.807) is 11.4 Å². The highest BCUT2D eigenvalue weighted by molar-refractivity contribution is 7.09. The van der Waals surface area contributed by atoms with Gasteiger partial charge in [0.1, 0.15) is 30.5 Å². The van der Waals surface area contributed by atoms with Crippen LogP contribution in [0.5, 0.6) is 0 Å². The Morgan fingerprint density at radius 2 is 2.25 bits per heavy atom. The van der Waals surface area contributed by atoms with Crippen LogP contribution in [0.1, 0.15) is 15.5 Å². The molecule has 0 radical (unpaired) electrons. The van der Waals surface area contributed by atoms with Gasteiger partial charge in [-0.15, -0.1) is 11.3 Å².